The highest BCUT2D eigenvalue weighted by Crippen LogP contribution is 2.26. The summed E-state index contributed by atoms with van der Waals surface area (Å²) in [6, 6.07) is 16.1. The molecule has 2 amide bonds. The number of anilines is 1. The molecule has 9 heteroatoms. The van der Waals surface area contributed by atoms with Crippen LogP contribution in [0.25, 0.3) is 0 Å². The Morgan fingerprint density at radius 2 is 1.97 bits per heavy atom. The molecule has 0 fully saturated rings. The van der Waals surface area contributed by atoms with Crippen LogP contribution in [0.15, 0.2) is 71.5 Å². The van der Waals surface area contributed by atoms with Gasteiger partial charge in [0.05, 0.1) is 23.5 Å². The van der Waals surface area contributed by atoms with E-state index in [2.05, 4.69) is 15.7 Å². The van der Waals surface area contributed by atoms with E-state index < -0.39 is 5.91 Å². The molecule has 0 bridgehead atoms. The lowest BCUT2D eigenvalue weighted by Crippen LogP contribution is -2.25. The lowest BCUT2D eigenvalue weighted by Gasteiger charge is -2.10. The Balaban J connectivity index is 1.43. The van der Waals surface area contributed by atoms with Gasteiger partial charge in [0.25, 0.3) is 11.8 Å². The van der Waals surface area contributed by atoms with E-state index in [-0.39, 0.29) is 24.8 Å². The quantitative estimate of drug-likeness (QED) is 0.381. The van der Waals surface area contributed by atoms with Crippen molar-refractivity contribution in [2.24, 2.45) is 7.05 Å². The van der Waals surface area contributed by atoms with Crippen LogP contribution in [0.1, 0.15) is 37.7 Å². The van der Waals surface area contributed by atoms with Crippen molar-refractivity contribution in [3.8, 4) is 5.75 Å². The highest BCUT2D eigenvalue weighted by molar-refractivity contribution is 6.32. The number of hydrogen-bond donors (Lipinski definition) is 2. The molecule has 0 radical (unpaired) electrons. The molecule has 8 nitrogen and oxygen atoms in total. The fourth-order valence-electron chi connectivity index (χ4n) is 3.29. The first-order chi connectivity index (χ1) is 16.4. The summed E-state index contributed by atoms with van der Waals surface area (Å²) < 4.78 is 12.5. The van der Waals surface area contributed by atoms with Crippen molar-refractivity contribution in [2.75, 3.05) is 5.32 Å². The number of aryl methyl sites for hydroxylation is 2. The van der Waals surface area contributed by atoms with Gasteiger partial charge in [0.15, 0.2) is 5.69 Å². The third-order valence-corrected chi connectivity index (χ3v) is 5.28. The highest BCUT2D eigenvalue weighted by atomic mass is 35.5. The molecule has 0 saturated carbocycles. The Kier molecular flexibility index (Phi) is 6.98. The molecule has 4 aromatic rings. The largest absolute Gasteiger partial charge is 0.487 e. The number of rotatable bonds is 8. The van der Waals surface area contributed by atoms with Gasteiger partial charge in [0.2, 0.25) is 0 Å². The Labute approximate surface area is 201 Å². The molecule has 0 unspecified atom stereocenters. The van der Waals surface area contributed by atoms with Crippen molar-refractivity contribution in [3.63, 3.8) is 0 Å². The van der Waals surface area contributed by atoms with Crippen LogP contribution in [0.5, 0.6) is 5.75 Å². The Hall–Kier alpha value is -4.04. The molecule has 2 aromatic carbocycles. The maximum Gasteiger partial charge on any atom is 0.274 e. The van der Waals surface area contributed by atoms with Gasteiger partial charge in [-0.15, -0.1) is 0 Å². The van der Waals surface area contributed by atoms with Crippen LogP contribution in [0.4, 0.5) is 5.69 Å². The second-order valence-electron chi connectivity index (χ2n) is 7.70. The van der Waals surface area contributed by atoms with E-state index in [0.717, 1.165) is 11.1 Å². The predicted molar refractivity (Wildman–Crippen MR) is 128 cm³/mol. The van der Waals surface area contributed by atoms with Crippen LogP contribution < -0.4 is 15.4 Å². The predicted octanol–water partition coefficient (Wildman–Crippen LogP) is 4.74. The minimum Gasteiger partial charge on any atom is -0.487 e. The maximum atomic E-state index is 12.9. The molecule has 2 N–H and O–H groups in total. The van der Waals surface area contributed by atoms with Crippen LogP contribution in [0.3, 0.4) is 0 Å². The number of aromatic nitrogens is 2. The Morgan fingerprint density at radius 1 is 1.12 bits per heavy atom. The number of nitrogens with one attached hydrogen (secondary N) is 2. The van der Waals surface area contributed by atoms with Crippen molar-refractivity contribution < 1.29 is 18.7 Å². The Bertz CT molecular complexity index is 1310. The number of carbonyl (C=O) groups is 2. The monoisotopic (exact) mass is 478 g/mol. The third kappa shape index (κ3) is 5.65. The first-order valence-electron chi connectivity index (χ1n) is 10.5. The number of nitrogens with zero attached hydrogens (tertiary/aromatic N) is 2. The van der Waals surface area contributed by atoms with Gasteiger partial charge >= 0.3 is 0 Å². The number of amides is 2. The van der Waals surface area contributed by atoms with Crippen LogP contribution in [0, 0.1) is 6.92 Å². The van der Waals surface area contributed by atoms with E-state index in [1.165, 1.54) is 10.9 Å². The summed E-state index contributed by atoms with van der Waals surface area (Å²) in [7, 11) is 1.67. The molecule has 0 aliphatic carbocycles. The second-order valence-corrected chi connectivity index (χ2v) is 8.11. The molecule has 2 heterocycles. The van der Waals surface area contributed by atoms with Crippen LogP contribution in [-0.4, -0.2) is 21.6 Å². The average molecular weight is 479 g/mol. The van der Waals surface area contributed by atoms with Gasteiger partial charge in [0, 0.05) is 18.8 Å². The molecule has 4 rings (SSSR count). The molecule has 0 aliphatic heterocycles. The molecule has 2 aromatic heterocycles. The van der Waals surface area contributed by atoms with Gasteiger partial charge in [-0.25, -0.2) is 0 Å². The van der Waals surface area contributed by atoms with E-state index in [0.29, 0.717) is 27.8 Å². The topological polar surface area (TPSA) is 98.4 Å². The first-order valence-corrected chi connectivity index (χ1v) is 10.9. The van der Waals surface area contributed by atoms with E-state index in [9.17, 15) is 9.59 Å². The zero-order valence-corrected chi connectivity index (χ0v) is 19.4. The summed E-state index contributed by atoms with van der Waals surface area (Å²) in [4.78, 5) is 25.5. The van der Waals surface area contributed by atoms with Crippen LogP contribution in [0.2, 0.25) is 5.02 Å². The molecule has 174 valence electrons. The zero-order chi connectivity index (χ0) is 24.1. The lowest BCUT2D eigenvalue weighted by atomic mass is 10.1. The lowest BCUT2D eigenvalue weighted by molar-refractivity contribution is 0.0943. The summed E-state index contributed by atoms with van der Waals surface area (Å²) in [6.07, 6.45) is 3.11. The van der Waals surface area contributed by atoms with Crippen molar-refractivity contribution in [1.82, 2.24) is 15.1 Å². The number of benzene rings is 2. The third-order valence-electron chi connectivity index (χ3n) is 4.97. The summed E-state index contributed by atoms with van der Waals surface area (Å²) in [5.74, 6) is 0.394. The SMILES string of the molecule is Cc1ccc(Cl)c(OCc2cccc(C(=O)Nc3cn(C)nc3C(=O)NCc3ccco3)c2)c1. The minimum absolute atomic E-state index is 0.107. The Morgan fingerprint density at radius 3 is 2.76 bits per heavy atom. The molecule has 0 spiro atoms. The summed E-state index contributed by atoms with van der Waals surface area (Å²) >= 11 is 6.19. The minimum atomic E-state index is -0.426. The van der Waals surface area contributed by atoms with Crippen molar-refractivity contribution in [3.05, 3.63) is 100 Å². The summed E-state index contributed by atoms with van der Waals surface area (Å²) in [5, 5.41) is 10.2. The molecular weight excluding hydrogens is 456 g/mol. The zero-order valence-electron chi connectivity index (χ0n) is 18.7. The summed E-state index contributed by atoms with van der Waals surface area (Å²) in [6.45, 7) is 2.42. The van der Waals surface area contributed by atoms with Gasteiger partial charge in [-0.3, -0.25) is 14.3 Å². The number of hydrogen-bond acceptors (Lipinski definition) is 5. The first kappa shape index (κ1) is 23.1. The molecule has 0 aliphatic rings. The normalized spacial score (nSPS) is 10.7. The van der Waals surface area contributed by atoms with Gasteiger partial charge < -0.3 is 19.8 Å². The molecule has 0 saturated heterocycles. The maximum absolute atomic E-state index is 12.9. The number of halogens is 1. The number of furan rings is 1. The number of carbonyl (C=O) groups excluding carboxylic acids is 2. The number of ether oxygens (including phenoxy) is 1. The van der Waals surface area contributed by atoms with E-state index in [1.54, 1.807) is 49.6 Å². The van der Waals surface area contributed by atoms with Crippen molar-refractivity contribution in [1.29, 1.82) is 0 Å². The second kappa shape index (κ2) is 10.3. The highest BCUT2D eigenvalue weighted by Gasteiger charge is 2.19. The standard InChI is InChI=1S/C25H23ClN4O4/c1-16-8-9-20(26)22(11-16)34-15-17-5-3-6-18(12-17)24(31)28-21-14-30(2)29-23(21)25(32)27-13-19-7-4-10-33-19/h3-12,14H,13,15H2,1-2H3,(H,27,32)(H,28,31). The smallest absolute Gasteiger partial charge is 0.274 e. The van der Waals surface area contributed by atoms with E-state index in [1.807, 2.05) is 25.1 Å². The molecular formula is C25H23ClN4O4. The fraction of sp³-hybridized carbons (Fsp3) is 0.160. The van der Waals surface area contributed by atoms with Crippen LogP contribution >= 0.6 is 11.6 Å². The van der Waals surface area contributed by atoms with Gasteiger partial charge in [-0.2, -0.15) is 5.10 Å². The van der Waals surface area contributed by atoms with Gasteiger partial charge in [0.1, 0.15) is 18.1 Å². The average Bonchev–Trinajstić information content (AvgIpc) is 3.48. The van der Waals surface area contributed by atoms with Crippen molar-refractivity contribution >= 4 is 29.1 Å². The fourth-order valence-corrected chi connectivity index (χ4v) is 3.46. The van der Waals surface area contributed by atoms with Crippen molar-refractivity contribution in [2.45, 2.75) is 20.1 Å². The molecule has 34 heavy (non-hydrogen) atoms. The summed E-state index contributed by atoms with van der Waals surface area (Å²) in [5.41, 5.74) is 2.66. The van der Waals surface area contributed by atoms with E-state index in [4.69, 9.17) is 20.8 Å². The molecule has 0 atom stereocenters. The van der Waals surface area contributed by atoms with E-state index >= 15 is 0 Å². The van der Waals surface area contributed by atoms with Crippen LogP contribution in [-0.2, 0) is 20.2 Å². The van der Waals surface area contributed by atoms with Gasteiger partial charge in [-0.1, -0.05) is 29.8 Å². The van der Waals surface area contributed by atoms with Gasteiger partial charge in [-0.05, 0) is 54.4 Å².